The van der Waals surface area contributed by atoms with Gasteiger partial charge in [-0.1, -0.05) is 289 Å². The number of carbonyl (C=O) groups is 2. The minimum absolute atomic E-state index is 0.00396. The van der Waals surface area contributed by atoms with Gasteiger partial charge < -0.3 is 20.3 Å². The zero-order chi connectivity index (χ0) is 49.3. The summed E-state index contributed by atoms with van der Waals surface area (Å²) in [4.78, 5) is 24.5. The largest absolute Gasteiger partial charge is 0.466 e. The van der Waals surface area contributed by atoms with Crippen LogP contribution in [0.15, 0.2) is 24.3 Å². The molecule has 0 aromatic carbocycles. The summed E-state index contributed by atoms with van der Waals surface area (Å²) in [6.45, 7) is 4.91. The predicted octanol–water partition coefficient (Wildman–Crippen LogP) is 19.0. The van der Waals surface area contributed by atoms with Crippen molar-refractivity contribution in [2.24, 2.45) is 0 Å². The van der Waals surface area contributed by atoms with Crippen LogP contribution in [0.3, 0.4) is 0 Å². The third-order valence-electron chi connectivity index (χ3n) is 14.2. The summed E-state index contributed by atoms with van der Waals surface area (Å²) >= 11 is 0. The first-order valence-electron chi connectivity index (χ1n) is 30.6. The smallest absolute Gasteiger partial charge is 0.305 e. The number of hydrogen-bond donors (Lipinski definition) is 3. The molecule has 0 fully saturated rings. The van der Waals surface area contributed by atoms with Gasteiger partial charge in [0.1, 0.15) is 0 Å². The molecule has 3 N–H and O–H groups in total. The quantitative estimate of drug-likeness (QED) is 0.0321. The molecule has 68 heavy (non-hydrogen) atoms. The van der Waals surface area contributed by atoms with Crippen molar-refractivity contribution in [3.05, 3.63) is 24.3 Å². The first-order chi connectivity index (χ1) is 33.5. The fourth-order valence-corrected chi connectivity index (χ4v) is 9.51. The highest BCUT2D eigenvalue weighted by Crippen LogP contribution is 2.17. The number of amides is 1. The summed E-state index contributed by atoms with van der Waals surface area (Å²) in [6, 6.07) is -0.631. The van der Waals surface area contributed by atoms with Crippen LogP contribution >= 0.6 is 0 Å². The number of carbonyl (C=O) groups excluding carboxylic acids is 2. The third kappa shape index (κ3) is 53.7. The Bertz CT molecular complexity index is 1060. The first-order valence-corrected chi connectivity index (χ1v) is 30.6. The highest BCUT2D eigenvalue weighted by molar-refractivity contribution is 5.76. The lowest BCUT2D eigenvalue weighted by Gasteiger charge is -2.20. The van der Waals surface area contributed by atoms with Gasteiger partial charge in [-0.2, -0.15) is 0 Å². The summed E-state index contributed by atoms with van der Waals surface area (Å²) in [5.41, 5.74) is 0. The van der Waals surface area contributed by atoms with Gasteiger partial charge in [0.2, 0.25) is 5.91 Å². The van der Waals surface area contributed by atoms with Gasteiger partial charge in [0.15, 0.2) is 0 Å². The zero-order valence-electron chi connectivity index (χ0n) is 45.9. The molecule has 0 spiro atoms. The van der Waals surface area contributed by atoms with E-state index in [1.807, 2.05) is 6.08 Å². The molecule has 0 aliphatic rings. The van der Waals surface area contributed by atoms with E-state index in [-0.39, 0.29) is 18.5 Å². The Morgan fingerprint density at radius 1 is 0.397 bits per heavy atom. The Kier molecular flexibility index (Phi) is 56.5. The summed E-state index contributed by atoms with van der Waals surface area (Å²) in [6.07, 6.45) is 70.6. The van der Waals surface area contributed by atoms with E-state index in [1.54, 1.807) is 6.08 Å². The molecule has 1 amide bonds. The van der Waals surface area contributed by atoms with Crippen LogP contribution in [0, 0.1) is 0 Å². The Hall–Kier alpha value is -1.66. The van der Waals surface area contributed by atoms with E-state index >= 15 is 0 Å². The number of esters is 1. The van der Waals surface area contributed by atoms with Crippen LogP contribution in [0.2, 0.25) is 0 Å². The number of aliphatic hydroxyl groups excluding tert-OH is 2. The van der Waals surface area contributed by atoms with Gasteiger partial charge >= 0.3 is 5.97 Å². The summed E-state index contributed by atoms with van der Waals surface area (Å²) in [7, 11) is 0. The number of aliphatic hydroxyl groups is 2. The maximum atomic E-state index is 12.5. The van der Waals surface area contributed by atoms with Gasteiger partial charge in [0.25, 0.3) is 0 Å². The standard InChI is InChI=1S/C62H119NO5/c1-3-5-7-9-11-13-15-17-19-20-24-28-32-36-40-44-48-52-56-62(67)68-57-53-49-45-41-37-33-29-25-22-21-23-27-31-35-39-43-47-51-55-61(66)63-59(58-64)60(65)54-50-46-42-38-34-30-26-18-16-14-12-10-8-6-4-2/h19-20,50,54,59-60,64-65H,3-18,21-49,51-53,55-58H2,1-2H3,(H,63,66)/b20-19-,54-50+. The van der Waals surface area contributed by atoms with Gasteiger partial charge in [0.05, 0.1) is 25.4 Å². The lowest BCUT2D eigenvalue weighted by molar-refractivity contribution is -0.143. The second-order valence-corrected chi connectivity index (χ2v) is 21.0. The minimum Gasteiger partial charge on any atom is -0.466 e. The molecule has 0 rings (SSSR count). The van der Waals surface area contributed by atoms with Crippen molar-refractivity contribution in [2.45, 2.75) is 347 Å². The number of ether oxygens (including phenoxy) is 1. The van der Waals surface area contributed by atoms with Crippen molar-refractivity contribution in [1.29, 1.82) is 0 Å². The number of allylic oxidation sites excluding steroid dienone is 3. The maximum Gasteiger partial charge on any atom is 0.305 e. The van der Waals surface area contributed by atoms with E-state index in [1.165, 1.54) is 263 Å². The Morgan fingerprint density at radius 2 is 0.691 bits per heavy atom. The fraction of sp³-hybridized carbons (Fsp3) is 0.903. The molecule has 402 valence electrons. The van der Waals surface area contributed by atoms with E-state index in [0.29, 0.717) is 19.4 Å². The van der Waals surface area contributed by atoms with Crippen LogP contribution < -0.4 is 5.32 Å². The molecule has 2 atom stereocenters. The molecular weight excluding hydrogens is 839 g/mol. The Balaban J connectivity index is 3.41. The molecule has 0 aromatic heterocycles. The molecule has 6 nitrogen and oxygen atoms in total. The van der Waals surface area contributed by atoms with E-state index in [0.717, 1.165) is 44.9 Å². The van der Waals surface area contributed by atoms with Gasteiger partial charge in [0, 0.05) is 12.8 Å². The molecular formula is C62H119NO5. The van der Waals surface area contributed by atoms with Crippen LogP contribution in [0.1, 0.15) is 335 Å². The third-order valence-corrected chi connectivity index (χ3v) is 14.2. The normalized spacial score (nSPS) is 12.7. The molecule has 0 radical (unpaired) electrons. The maximum absolute atomic E-state index is 12.5. The predicted molar refractivity (Wildman–Crippen MR) is 296 cm³/mol. The van der Waals surface area contributed by atoms with Crippen molar-refractivity contribution in [3.63, 3.8) is 0 Å². The van der Waals surface area contributed by atoms with Crippen LogP contribution in [-0.2, 0) is 14.3 Å². The second-order valence-electron chi connectivity index (χ2n) is 21.0. The molecule has 0 bridgehead atoms. The van der Waals surface area contributed by atoms with Gasteiger partial charge in [-0.15, -0.1) is 0 Å². The minimum atomic E-state index is -0.847. The van der Waals surface area contributed by atoms with Crippen LogP contribution in [0.5, 0.6) is 0 Å². The highest BCUT2D eigenvalue weighted by Gasteiger charge is 2.18. The fourth-order valence-electron chi connectivity index (χ4n) is 9.51. The summed E-state index contributed by atoms with van der Waals surface area (Å²) < 4.78 is 5.49. The number of rotatable bonds is 57. The number of nitrogens with one attached hydrogen (secondary N) is 1. The lowest BCUT2D eigenvalue weighted by Crippen LogP contribution is -2.45. The SMILES string of the molecule is CCCCCCCCC/C=C\CCCCCCCCCC(=O)OCCCCCCCCCCCCCCCCCCCCC(=O)NC(CO)C(O)/C=C/CCCCCCCCCCCCCCC. The van der Waals surface area contributed by atoms with Crippen molar-refractivity contribution in [1.82, 2.24) is 5.32 Å². The van der Waals surface area contributed by atoms with Gasteiger partial charge in [-0.3, -0.25) is 9.59 Å². The van der Waals surface area contributed by atoms with Crippen molar-refractivity contribution >= 4 is 11.9 Å². The van der Waals surface area contributed by atoms with Crippen LogP contribution in [-0.4, -0.2) is 47.4 Å². The average Bonchev–Trinajstić information content (AvgIpc) is 3.34. The molecule has 0 aromatic rings. The first kappa shape index (κ1) is 66.3. The average molecular weight is 959 g/mol. The molecule has 2 unspecified atom stereocenters. The Labute approximate surface area is 424 Å². The van der Waals surface area contributed by atoms with E-state index < -0.39 is 12.1 Å². The molecule has 6 heteroatoms. The van der Waals surface area contributed by atoms with Crippen molar-refractivity contribution < 1.29 is 24.5 Å². The van der Waals surface area contributed by atoms with Crippen LogP contribution in [0.25, 0.3) is 0 Å². The van der Waals surface area contributed by atoms with E-state index in [2.05, 4.69) is 31.3 Å². The van der Waals surface area contributed by atoms with E-state index in [9.17, 15) is 19.8 Å². The topological polar surface area (TPSA) is 95.9 Å². The number of hydrogen-bond acceptors (Lipinski definition) is 5. The summed E-state index contributed by atoms with van der Waals surface area (Å²) in [5, 5.41) is 23.1. The lowest BCUT2D eigenvalue weighted by atomic mass is 10.0. The molecule has 0 aliphatic carbocycles. The molecule has 0 saturated heterocycles. The van der Waals surface area contributed by atoms with Crippen molar-refractivity contribution in [2.75, 3.05) is 13.2 Å². The zero-order valence-corrected chi connectivity index (χ0v) is 45.9. The van der Waals surface area contributed by atoms with Gasteiger partial charge in [-0.25, -0.2) is 0 Å². The molecule has 0 heterocycles. The molecule has 0 saturated carbocycles. The van der Waals surface area contributed by atoms with Crippen LogP contribution in [0.4, 0.5) is 0 Å². The monoisotopic (exact) mass is 958 g/mol. The molecule has 0 aliphatic heterocycles. The van der Waals surface area contributed by atoms with Crippen molar-refractivity contribution in [3.8, 4) is 0 Å². The Morgan fingerprint density at radius 3 is 1.04 bits per heavy atom. The summed E-state index contributed by atoms with van der Waals surface area (Å²) in [5.74, 6) is -0.0665. The van der Waals surface area contributed by atoms with E-state index in [4.69, 9.17) is 4.74 Å². The number of unbranched alkanes of at least 4 members (excludes halogenated alkanes) is 44. The highest BCUT2D eigenvalue weighted by atomic mass is 16.5. The second kappa shape index (κ2) is 57.9. The van der Waals surface area contributed by atoms with Gasteiger partial charge in [-0.05, 0) is 57.8 Å².